The number of aryl methyl sites for hydroxylation is 1. The van der Waals surface area contributed by atoms with Crippen molar-refractivity contribution in [2.75, 3.05) is 0 Å². The van der Waals surface area contributed by atoms with Crippen molar-refractivity contribution in [2.24, 2.45) is 0 Å². The van der Waals surface area contributed by atoms with E-state index in [0.29, 0.717) is 12.1 Å². The van der Waals surface area contributed by atoms with Crippen molar-refractivity contribution in [1.82, 2.24) is 4.98 Å². The number of hydrogen-bond acceptors (Lipinski definition) is 4. The Morgan fingerprint density at radius 2 is 2.17 bits per heavy atom. The Balaban J connectivity index is 2.24. The summed E-state index contributed by atoms with van der Waals surface area (Å²) in [5, 5.41) is 13.8. The minimum absolute atomic E-state index is 0.159. The molecule has 1 aromatic heterocycles. The van der Waals surface area contributed by atoms with Gasteiger partial charge in [-0.05, 0) is 12.5 Å². The van der Waals surface area contributed by atoms with Crippen LogP contribution in [0.15, 0.2) is 41.4 Å². The molecule has 1 heterocycles. The first-order valence-electron chi connectivity index (χ1n) is 5.46. The maximum absolute atomic E-state index is 11.0. The molecule has 0 spiro atoms. The first-order valence-corrected chi connectivity index (χ1v) is 6.34. The van der Waals surface area contributed by atoms with Crippen LogP contribution in [0.5, 0.6) is 0 Å². The normalized spacial score (nSPS) is 11.5. The number of allylic oxidation sites excluding steroid dienone is 1. The lowest BCUT2D eigenvalue weighted by Crippen LogP contribution is -2.02. The number of aromatic nitrogens is 1. The van der Waals surface area contributed by atoms with Crippen LogP contribution in [0.1, 0.15) is 16.3 Å². The standard InChI is InChI=1S/C13H12N2O2S/c1-10-14-12(9-18-10)8-13(15(16)17)7-11-5-3-2-4-6-11/h2-6,8-9H,7H2,1H3. The zero-order valence-electron chi connectivity index (χ0n) is 9.87. The van der Waals surface area contributed by atoms with Gasteiger partial charge in [0.1, 0.15) is 0 Å². The van der Waals surface area contributed by atoms with Crippen LogP contribution >= 0.6 is 11.3 Å². The molecule has 18 heavy (non-hydrogen) atoms. The van der Waals surface area contributed by atoms with E-state index in [2.05, 4.69) is 4.98 Å². The van der Waals surface area contributed by atoms with Gasteiger partial charge in [0, 0.05) is 11.5 Å². The van der Waals surface area contributed by atoms with Gasteiger partial charge in [-0.15, -0.1) is 11.3 Å². The Hall–Kier alpha value is -2.01. The van der Waals surface area contributed by atoms with Crippen LogP contribution in [0.3, 0.4) is 0 Å². The SMILES string of the molecule is Cc1nc(C=C(Cc2ccccc2)[N+](=O)[O-])cs1. The summed E-state index contributed by atoms with van der Waals surface area (Å²) >= 11 is 1.49. The summed E-state index contributed by atoms with van der Waals surface area (Å²) < 4.78 is 0. The number of nitrogens with zero attached hydrogens (tertiary/aromatic N) is 2. The van der Waals surface area contributed by atoms with E-state index in [0.717, 1.165) is 10.6 Å². The van der Waals surface area contributed by atoms with Gasteiger partial charge < -0.3 is 0 Å². The molecule has 2 aromatic rings. The van der Waals surface area contributed by atoms with Crippen LogP contribution in [0.25, 0.3) is 6.08 Å². The van der Waals surface area contributed by atoms with Gasteiger partial charge in [0.05, 0.1) is 22.0 Å². The molecule has 0 aliphatic carbocycles. The van der Waals surface area contributed by atoms with Gasteiger partial charge in [-0.2, -0.15) is 0 Å². The highest BCUT2D eigenvalue weighted by molar-refractivity contribution is 7.09. The Morgan fingerprint density at radius 3 is 2.72 bits per heavy atom. The van der Waals surface area contributed by atoms with Crippen molar-refractivity contribution in [3.63, 3.8) is 0 Å². The molecule has 0 aliphatic heterocycles. The molecule has 0 bridgehead atoms. The monoisotopic (exact) mass is 260 g/mol. The van der Waals surface area contributed by atoms with E-state index in [1.807, 2.05) is 42.6 Å². The first-order chi connectivity index (χ1) is 8.65. The summed E-state index contributed by atoms with van der Waals surface area (Å²) in [4.78, 5) is 14.9. The summed E-state index contributed by atoms with van der Waals surface area (Å²) in [7, 11) is 0. The lowest BCUT2D eigenvalue weighted by Gasteiger charge is -1.98. The maximum Gasteiger partial charge on any atom is 0.252 e. The van der Waals surface area contributed by atoms with Crippen LogP contribution in [0, 0.1) is 17.0 Å². The lowest BCUT2D eigenvalue weighted by atomic mass is 10.1. The molecule has 1 aromatic carbocycles. The molecule has 0 aliphatic rings. The van der Waals surface area contributed by atoms with Gasteiger partial charge in [-0.25, -0.2) is 4.98 Å². The van der Waals surface area contributed by atoms with Crippen LogP contribution in [-0.4, -0.2) is 9.91 Å². The molecule has 2 rings (SSSR count). The summed E-state index contributed by atoms with van der Waals surface area (Å²) in [6, 6.07) is 9.40. The second-order valence-corrected chi connectivity index (χ2v) is 4.91. The Kier molecular flexibility index (Phi) is 3.84. The third-order valence-electron chi connectivity index (χ3n) is 2.41. The highest BCUT2D eigenvalue weighted by Gasteiger charge is 2.12. The molecule has 0 atom stereocenters. The number of hydrogen-bond donors (Lipinski definition) is 0. The number of benzene rings is 1. The minimum Gasteiger partial charge on any atom is -0.259 e. The molecule has 92 valence electrons. The zero-order valence-corrected chi connectivity index (χ0v) is 10.7. The molecule has 4 nitrogen and oxygen atoms in total. The number of nitro groups is 1. The smallest absolute Gasteiger partial charge is 0.252 e. The third-order valence-corrected chi connectivity index (χ3v) is 3.21. The fourth-order valence-electron chi connectivity index (χ4n) is 1.59. The van der Waals surface area contributed by atoms with Crippen molar-refractivity contribution in [3.05, 3.63) is 67.8 Å². The summed E-state index contributed by atoms with van der Waals surface area (Å²) in [5.41, 5.74) is 1.74. The van der Waals surface area contributed by atoms with Crippen LogP contribution in [0.2, 0.25) is 0 Å². The van der Waals surface area contributed by atoms with Gasteiger partial charge in [-0.1, -0.05) is 30.3 Å². The predicted octanol–water partition coefficient (Wildman–Crippen LogP) is 3.31. The van der Waals surface area contributed by atoms with E-state index >= 15 is 0 Å². The highest BCUT2D eigenvalue weighted by atomic mass is 32.1. The van der Waals surface area contributed by atoms with Crippen LogP contribution < -0.4 is 0 Å². The van der Waals surface area contributed by atoms with Gasteiger partial charge >= 0.3 is 0 Å². The summed E-state index contributed by atoms with van der Waals surface area (Å²) in [6.45, 7) is 1.88. The zero-order chi connectivity index (χ0) is 13.0. The molecule has 5 heteroatoms. The van der Waals surface area contributed by atoms with Gasteiger partial charge in [0.25, 0.3) is 5.70 Å². The van der Waals surface area contributed by atoms with Gasteiger partial charge in [0.15, 0.2) is 0 Å². The lowest BCUT2D eigenvalue weighted by molar-refractivity contribution is -0.425. The molecule has 0 saturated carbocycles. The number of rotatable bonds is 4. The average molecular weight is 260 g/mol. The maximum atomic E-state index is 11.0. The van der Waals surface area contributed by atoms with Crippen molar-refractivity contribution in [1.29, 1.82) is 0 Å². The average Bonchev–Trinajstić information content (AvgIpc) is 2.75. The van der Waals surface area contributed by atoms with Crippen molar-refractivity contribution in [2.45, 2.75) is 13.3 Å². The molecule has 0 amide bonds. The van der Waals surface area contributed by atoms with E-state index in [1.165, 1.54) is 17.4 Å². The van der Waals surface area contributed by atoms with Crippen molar-refractivity contribution in [3.8, 4) is 0 Å². The fraction of sp³-hybridized carbons (Fsp3) is 0.154. The second-order valence-electron chi connectivity index (χ2n) is 3.85. The molecule has 0 saturated heterocycles. The molecular weight excluding hydrogens is 248 g/mol. The van der Waals surface area contributed by atoms with Crippen LogP contribution in [0.4, 0.5) is 0 Å². The second kappa shape index (κ2) is 5.55. The minimum atomic E-state index is -0.346. The topological polar surface area (TPSA) is 56.0 Å². The first kappa shape index (κ1) is 12.4. The van der Waals surface area contributed by atoms with Crippen molar-refractivity contribution >= 4 is 17.4 Å². The Labute approximate surface area is 109 Å². The quantitative estimate of drug-likeness (QED) is 0.626. The molecule has 0 N–H and O–H groups in total. The van der Waals surface area contributed by atoms with E-state index in [1.54, 1.807) is 0 Å². The van der Waals surface area contributed by atoms with Gasteiger partial charge in [-0.3, -0.25) is 10.1 Å². The highest BCUT2D eigenvalue weighted by Crippen LogP contribution is 2.15. The fourth-order valence-corrected chi connectivity index (χ4v) is 2.16. The summed E-state index contributed by atoms with van der Waals surface area (Å²) in [5.74, 6) is 0. The summed E-state index contributed by atoms with van der Waals surface area (Å²) in [6.07, 6.45) is 1.85. The van der Waals surface area contributed by atoms with Gasteiger partial charge in [0.2, 0.25) is 0 Å². The number of thiazole rings is 1. The predicted molar refractivity (Wildman–Crippen MR) is 72.0 cm³/mol. The Bertz CT molecular complexity index is 576. The molecule has 0 radical (unpaired) electrons. The molecular formula is C13H12N2O2S. The third kappa shape index (κ3) is 3.24. The largest absolute Gasteiger partial charge is 0.259 e. The van der Waals surface area contributed by atoms with Crippen LogP contribution in [-0.2, 0) is 6.42 Å². The molecule has 0 fully saturated rings. The molecule has 0 unspecified atom stereocenters. The van der Waals surface area contributed by atoms with E-state index in [-0.39, 0.29) is 10.6 Å². The van der Waals surface area contributed by atoms with Crippen molar-refractivity contribution < 1.29 is 4.92 Å². The van der Waals surface area contributed by atoms with E-state index in [9.17, 15) is 10.1 Å². The van der Waals surface area contributed by atoms with E-state index < -0.39 is 0 Å². The van der Waals surface area contributed by atoms with E-state index in [4.69, 9.17) is 0 Å². The Morgan fingerprint density at radius 1 is 1.44 bits per heavy atom.